The van der Waals surface area contributed by atoms with Gasteiger partial charge >= 0.3 is 0 Å². The van der Waals surface area contributed by atoms with Gasteiger partial charge in [-0.05, 0) is 54.1 Å². The molecule has 0 heterocycles. The van der Waals surface area contributed by atoms with Crippen LogP contribution in [0.5, 0.6) is 0 Å². The Morgan fingerprint density at radius 3 is 1.74 bits per heavy atom. The molecule has 4 nitrogen and oxygen atoms in total. The van der Waals surface area contributed by atoms with Gasteiger partial charge in [0.25, 0.3) is 0 Å². The van der Waals surface area contributed by atoms with Crippen molar-refractivity contribution in [2.45, 2.75) is 0 Å². The van der Waals surface area contributed by atoms with Gasteiger partial charge in [0, 0.05) is 11.9 Å². The van der Waals surface area contributed by atoms with Crippen LogP contribution >= 0.6 is 0 Å². The van der Waals surface area contributed by atoms with E-state index >= 15 is 0 Å². The molecule has 23 heavy (non-hydrogen) atoms. The van der Waals surface area contributed by atoms with Crippen LogP contribution in [-0.2, 0) is 0 Å². The van der Waals surface area contributed by atoms with Crippen LogP contribution in [0.1, 0.15) is 5.56 Å². The van der Waals surface area contributed by atoms with E-state index in [4.69, 9.17) is 5.73 Å². The van der Waals surface area contributed by atoms with Gasteiger partial charge in [0.15, 0.2) is 0 Å². The molecular formula is C19H16N4. The molecule has 2 N–H and O–H groups in total. The molecule has 3 aromatic carbocycles. The highest BCUT2D eigenvalue weighted by molar-refractivity contribution is 5.81. The third kappa shape index (κ3) is 4.35. The smallest absolute Gasteiger partial charge is 0.0858 e. The van der Waals surface area contributed by atoms with Crippen molar-refractivity contribution < 1.29 is 0 Å². The number of benzene rings is 3. The molecule has 4 heteroatoms. The van der Waals surface area contributed by atoms with Crippen molar-refractivity contribution in [2.24, 2.45) is 15.2 Å². The fourth-order valence-electron chi connectivity index (χ4n) is 1.95. The number of hydrogen-bond acceptors (Lipinski definition) is 4. The quantitative estimate of drug-likeness (QED) is 0.389. The van der Waals surface area contributed by atoms with Crippen LogP contribution in [-0.4, -0.2) is 6.21 Å². The lowest BCUT2D eigenvalue weighted by atomic mass is 10.2. The van der Waals surface area contributed by atoms with E-state index in [0.717, 1.165) is 22.6 Å². The normalized spacial score (nSPS) is 11.3. The van der Waals surface area contributed by atoms with Gasteiger partial charge in [-0.2, -0.15) is 10.2 Å². The van der Waals surface area contributed by atoms with E-state index < -0.39 is 0 Å². The van der Waals surface area contributed by atoms with Crippen molar-refractivity contribution in [1.29, 1.82) is 0 Å². The lowest BCUT2D eigenvalue weighted by molar-refractivity contribution is 1.23. The summed E-state index contributed by atoms with van der Waals surface area (Å²) in [5, 5.41) is 8.37. The molecule has 0 aromatic heterocycles. The van der Waals surface area contributed by atoms with Crippen LogP contribution in [0.25, 0.3) is 0 Å². The maximum Gasteiger partial charge on any atom is 0.0858 e. The van der Waals surface area contributed by atoms with Gasteiger partial charge in [-0.15, -0.1) is 0 Å². The Bertz CT molecular complexity index is 804. The summed E-state index contributed by atoms with van der Waals surface area (Å²) >= 11 is 0. The van der Waals surface area contributed by atoms with E-state index in [9.17, 15) is 0 Å². The molecule has 0 aliphatic carbocycles. The average Bonchev–Trinajstić information content (AvgIpc) is 2.61. The van der Waals surface area contributed by atoms with Crippen LogP contribution in [0.15, 0.2) is 94.1 Å². The molecule has 0 radical (unpaired) electrons. The van der Waals surface area contributed by atoms with Crippen LogP contribution in [0.3, 0.4) is 0 Å². The highest BCUT2D eigenvalue weighted by Crippen LogP contribution is 2.22. The average molecular weight is 300 g/mol. The fourth-order valence-corrected chi connectivity index (χ4v) is 1.95. The Hall–Kier alpha value is -3.27. The van der Waals surface area contributed by atoms with Crippen LogP contribution in [0.4, 0.5) is 22.7 Å². The fraction of sp³-hybridized carbons (Fsp3) is 0. The first kappa shape index (κ1) is 14.7. The largest absolute Gasteiger partial charge is 0.399 e. The van der Waals surface area contributed by atoms with Crippen molar-refractivity contribution in [3.63, 3.8) is 0 Å². The van der Waals surface area contributed by atoms with Gasteiger partial charge in [-0.3, -0.25) is 4.99 Å². The molecule has 3 aromatic rings. The molecule has 0 bridgehead atoms. The molecule has 0 saturated carbocycles. The predicted octanol–water partition coefficient (Wildman–Crippen LogP) is 5.43. The number of nitrogen functional groups attached to an aromatic ring is 1. The van der Waals surface area contributed by atoms with E-state index in [-0.39, 0.29) is 0 Å². The third-order valence-electron chi connectivity index (χ3n) is 3.19. The van der Waals surface area contributed by atoms with Gasteiger partial charge in [0.2, 0.25) is 0 Å². The van der Waals surface area contributed by atoms with Gasteiger partial charge in [0.05, 0.1) is 17.1 Å². The minimum atomic E-state index is 0.713. The van der Waals surface area contributed by atoms with Gasteiger partial charge in [-0.1, -0.05) is 30.3 Å². The minimum absolute atomic E-state index is 0.713. The van der Waals surface area contributed by atoms with Crippen LogP contribution in [0.2, 0.25) is 0 Å². The summed E-state index contributed by atoms with van der Waals surface area (Å²) in [4.78, 5) is 4.43. The summed E-state index contributed by atoms with van der Waals surface area (Å²) in [6.45, 7) is 0. The molecule has 0 unspecified atom stereocenters. The highest BCUT2D eigenvalue weighted by Gasteiger charge is 1.93. The topological polar surface area (TPSA) is 63.1 Å². The molecule has 0 fully saturated rings. The van der Waals surface area contributed by atoms with Crippen molar-refractivity contribution in [3.05, 3.63) is 84.4 Å². The second-order valence-corrected chi connectivity index (χ2v) is 4.98. The molecule has 0 aliphatic heterocycles. The number of rotatable bonds is 4. The van der Waals surface area contributed by atoms with Gasteiger partial charge in [0.1, 0.15) is 0 Å². The Kier molecular flexibility index (Phi) is 4.55. The van der Waals surface area contributed by atoms with Crippen molar-refractivity contribution in [3.8, 4) is 0 Å². The summed E-state index contributed by atoms with van der Waals surface area (Å²) in [6, 6.07) is 24.9. The monoisotopic (exact) mass is 300 g/mol. The minimum Gasteiger partial charge on any atom is -0.399 e. The molecule has 0 atom stereocenters. The standard InChI is InChI=1S/C19H16N4/c20-16-6-8-18(9-7-16)22-23-19-12-10-17(11-13-19)21-14-15-4-2-1-3-5-15/h1-14H,20H2. The number of hydrogen-bond donors (Lipinski definition) is 1. The lowest BCUT2D eigenvalue weighted by Gasteiger charge is -1.96. The molecule has 0 amide bonds. The zero-order chi connectivity index (χ0) is 15.9. The molecule has 0 aliphatic rings. The third-order valence-corrected chi connectivity index (χ3v) is 3.19. The van der Waals surface area contributed by atoms with Crippen molar-refractivity contribution >= 4 is 29.0 Å². The summed E-state index contributed by atoms with van der Waals surface area (Å²) in [5.41, 5.74) is 9.84. The van der Waals surface area contributed by atoms with E-state index in [1.54, 1.807) is 12.1 Å². The molecule has 0 spiro atoms. The van der Waals surface area contributed by atoms with Crippen LogP contribution in [0, 0.1) is 0 Å². The van der Waals surface area contributed by atoms with Gasteiger partial charge in [-0.25, -0.2) is 0 Å². The van der Waals surface area contributed by atoms with Crippen molar-refractivity contribution in [1.82, 2.24) is 0 Å². The predicted molar refractivity (Wildman–Crippen MR) is 95.2 cm³/mol. The summed E-state index contributed by atoms with van der Waals surface area (Å²) < 4.78 is 0. The zero-order valence-corrected chi connectivity index (χ0v) is 12.5. The maximum absolute atomic E-state index is 5.64. The number of nitrogens with two attached hydrogens (primary N) is 1. The second-order valence-electron chi connectivity index (χ2n) is 4.98. The number of aliphatic imine (C=N–C) groups is 1. The Morgan fingerprint density at radius 1 is 0.609 bits per heavy atom. The first-order chi connectivity index (χ1) is 11.3. The second kappa shape index (κ2) is 7.13. The first-order valence-corrected chi connectivity index (χ1v) is 7.26. The van der Waals surface area contributed by atoms with E-state index in [1.807, 2.05) is 72.9 Å². The summed E-state index contributed by atoms with van der Waals surface area (Å²) in [7, 11) is 0. The zero-order valence-electron chi connectivity index (χ0n) is 12.5. The Morgan fingerprint density at radius 2 is 1.13 bits per heavy atom. The lowest BCUT2D eigenvalue weighted by Crippen LogP contribution is -1.80. The number of anilines is 1. The number of azo groups is 1. The van der Waals surface area contributed by atoms with E-state index in [1.165, 1.54) is 0 Å². The number of nitrogens with zero attached hydrogens (tertiary/aromatic N) is 3. The van der Waals surface area contributed by atoms with E-state index in [2.05, 4.69) is 15.2 Å². The molecule has 3 rings (SSSR count). The summed E-state index contributed by atoms with van der Waals surface area (Å²) in [5.74, 6) is 0. The van der Waals surface area contributed by atoms with Crippen LogP contribution < -0.4 is 5.73 Å². The SMILES string of the molecule is Nc1ccc(N=Nc2ccc(N=Cc3ccccc3)cc2)cc1. The Balaban J connectivity index is 1.67. The van der Waals surface area contributed by atoms with Gasteiger partial charge < -0.3 is 5.73 Å². The Labute approximate surface area is 135 Å². The molecular weight excluding hydrogens is 284 g/mol. The van der Waals surface area contributed by atoms with Crippen molar-refractivity contribution in [2.75, 3.05) is 5.73 Å². The highest BCUT2D eigenvalue weighted by atomic mass is 15.1. The molecule has 112 valence electrons. The molecule has 0 saturated heterocycles. The maximum atomic E-state index is 5.64. The summed E-state index contributed by atoms with van der Waals surface area (Å²) in [6.07, 6.45) is 1.84. The first-order valence-electron chi connectivity index (χ1n) is 7.26. The van der Waals surface area contributed by atoms with E-state index in [0.29, 0.717) is 5.69 Å².